The summed E-state index contributed by atoms with van der Waals surface area (Å²) in [6, 6.07) is 0.833. The fourth-order valence-electron chi connectivity index (χ4n) is 2.13. The summed E-state index contributed by atoms with van der Waals surface area (Å²) in [5, 5.41) is 11.0. The van der Waals surface area contributed by atoms with E-state index in [1.807, 2.05) is 0 Å². The second-order valence-electron chi connectivity index (χ2n) is 3.69. The van der Waals surface area contributed by atoms with Crippen LogP contribution in [0.2, 0.25) is 0 Å². The molecule has 2 nitrogen and oxygen atoms in total. The fraction of sp³-hybridized carbons (Fsp3) is 1.00. The smallest absolute Gasteiger partial charge is 0.0402 e. The standard InChI is InChI=1S/C9H19N.C2H6O/c1-3-5-8-6-4-7-9(8)10-2;1-2-3/h8-10H,3-7H2,1-2H3;3H,2H2,1H3. The summed E-state index contributed by atoms with van der Waals surface area (Å²) in [6.45, 7) is 4.21. The Morgan fingerprint density at radius 3 is 2.38 bits per heavy atom. The largest absolute Gasteiger partial charge is 0.397 e. The fourth-order valence-corrected chi connectivity index (χ4v) is 2.13. The number of rotatable bonds is 3. The molecule has 0 radical (unpaired) electrons. The SMILES string of the molecule is CCCC1CCCC1NC.CCO. The minimum atomic E-state index is 0.250. The Bertz CT molecular complexity index is 106. The molecule has 80 valence electrons. The first-order chi connectivity index (χ1) is 6.29. The zero-order valence-electron chi connectivity index (χ0n) is 9.34. The van der Waals surface area contributed by atoms with Crippen molar-refractivity contribution < 1.29 is 5.11 Å². The summed E-state index contributed by atoms with van der Waals surface area (Å²) in [6.07, 6.45) is 7.07. The van der Waals surface area contributed by atoms with E-state index in [9.17, 15) is 0 Å². The van der Waals surface area contributed by atoms with Crippen molar-refractivity contribution in [1.82, 2.24) is 5.32 Å². The summed E-state index contributed by atoms with van der Waals surface area (Å²) in [5.41, 5.74) is 0. The van der Waals surface area contributed by atoms with Gasteiger partial charge < -0.3 is 10.4 Å². The lowest BCUT2D eigenvalue weighted by Gasteiger charge is -2.17. The van der Waals surface area contributed by atoms with Crippen LogP contribution in [0.4, 0.5) is 0 Å². The van der Waals surface area contributed by atoms with Crippen molar-refractivity contribution in [1.29, 1.82) is 0 Å². The van der Waals surface area contributed by atoms with Crippen LogP contribution in [0, 0.1) is 5.92 Å². The van der Waals surface area contributed by atoms with Crippen LogP contribution < -0.4 is 5.32 Å². The molecule has 0 heterocycles. The molecule has 1 aliphatic carbocycles. The van der Waals surface area contributed by atoms with Gasteiger partial charge in [0.2, 0.25) is 0 Å². The topological polar surface area (TPSA) is 32.3 Å². The summed E-state index contributed by atoms with van der Waals surface area (Å²) in [7, 11) is 2.10. The molecule has 2 atom stereocenters. The molecule has 0 aromatic rings. The lowest BCUT2D eigenvalue weighted by Crippen LogP contribution is -2.28. The molecule has 0 aromatic heterocycles. The van der Waals surface area contributed by atoms with Crippen molar-refractivity contribution in [3.8, 4) is 0 Å². The Kier molecular flexibility index (Phi) is 8.46. The van der Waals surface area contributed by atoms with E-state index in [0.717, 1.165) is 12.0 Å². The van der Waals surface area contributed by atoms with E-state index in [1.165, 1.54) is 32.1 Å². The van der Waals surface area contributed by atoms with Gasteiger partial charge >= 0.3 is 0 Å². The second kappa shape index (κ2) is 8.52. The van der Waals surface area contributed by atoms with Gasteiger partial charge in [0.1, 0.15) is 0 Å². The molecule has 1 saturated carbocycles. The molecule has 1 aliphatic rings. The average Bonchev–Trinajstić information content (AvgIpc) is 2.54. The van der Waals surface area contributed by atoms with Crippen LogP contribution in [0.3, 0.4) is 0 Å². The highest BCUT2D eigenvalue weighted by Gasteiger charge is 2.24. The quantitative estimate of drug-likeness (QED) is 0.709. The summed E-state index contributed by atoms with van der Waals surface area (Å²) in [4.78, 5) is 0. The number of hydrogen-bond donors (Lipinski definition) is 2. The van der Waals surface area contributed by atoms with Gasteiger partial charge in [-0.3, -0.25) is 0 Å². The predicted molar refractivity (Wildman–Crippen MR) is 57.9 cm³/mol. The third-order valence-electron chi connectivity index (χ3n) is 2.69. The lowest BCUT2D eigenvalue weighted by atomic mass is 9.98. The third kappa shape index (κ3) is 5.27. The van der Waals surface area contributed by atoms with Crippen LogP contribution >= 0.6 is 0 Å². The van der Waals surface area contributed by atoms with Crippen molar-refractivity contribution in [2.24, 2.45) is 5.92 Å². The van der Waals surface area contributed by atoms with Gasteiger partial charge in [-0.2, -0.15) is 0 Å². The zero-order valence-corrected chi connectivity index (χ0v) is 9.34. The maximum absolute atomic E-state index is 7.57. The Morgan fingerprint density at radius 1 is 1.31 bits per heavy atom. The van der Waals surface area contributed by atoms with Crippen molar-refractivity contribution >= 4 is 0 Å². The van der Waals surface area contributed by atoms with Gasteiger partial charge in [0.05, 0.1) is 0 Å². The molecule has 0 bridgehead atoms. The van der Waals surface area contributed by atoms with E-state index in [1.54, 1.807) is 6.92 Å². The summed E-state index contributed by atoms with van der Waals surface area (Å²) >= 11 is 0. The zero-order chi connectivity index (χ0) is 10.1. The van der Waals surface area contributed by atoms with Crippen LogP contribution in [-0.2, 0) is 0 Å². The van der Waals surface area contributed by atoms with Gasteiger partial charge in [-0.05, 0) is 39.2 Å². The minimum absolute atomic E-state index is 0.250. The molecule has 0 saturated heterocycles. The molecule has 2 heteroatoms. The highest BCUT2D eigenvalue weighted by molar-refractivity contribution is 4.81. The van der Waals surface area contributed by atoms with Crippen LogP contribution in [0.25, 0.3) is 0 Å². The van der Waals surface area contributed by atoms with E-state index in [-0.39, 0.29) is 6.61 Å². The van der Waals surface area contributed by atoms with E-state index >= 15 is 0 Å². The highest BCUT2D eigenvalue weighted by Crippen LogP contribution is 2.28. The Balaban J connectivity index is 0.000000424. The van der Waals surface area contributed by atoms with Gasteiger partial charge in [0.25, 0.3) is 0 Å². The molecule has 0 aliphatic heterocycles. The Hall–Kier alpha value is -0.0800. The van der Waals surface area contributed by atoms with Gasteiger partial charge in [0.15, 0.2) is 0 Å². The molecule has 0 aromatic carbocycles. The molecular formula is C11H25NO. The van der Waals surface area contributed by atoms with Crippen LogP contribution in [0.15, 0.2) is 0 Å². The molecule has 2 N–H and O–H groups in total. The predicted octanol–water partition coefficient (Wildman–Crippen LogP) is 2.17. The lowest BCUT2D eigenvalue weighted by molar-refractivity contribution is 0.318. The number of hydrogen-bond acceptors (Lipinski definition) is 2. The molecule has 0 spiro atoms. The first kappa shape index (κ1) is 12.9. The average molecular weight is 187 g/mol. The van der Waals surface area contributed by atoms with Gasteiger partial charge in [-0.1, -0.05) is 19.8 Å². The van der Waals surface area contributed by atoms with E-state index in [4.69, 9.17) is 5.11 Å². The molecular weight excluding hydrogens is 162 g/mol. The summed E-state index contributed by atoms with van der Waals surface area (Å²) in [5.74, 6) is 0.981. The van der Waals surface area contributed by atoms with Gasteiger partial charge in [-0.25, -0.2) is 0 Å². The van der Waals surface area contributed by atoms with Crippen molar-refractivity contribution in [3.05, 3.63) is 0 Å². The maximum Gasteiger partial charge on any atom is 0.0402 e. The van der Waals surface area contributed by atoms with Crippen LogP contribution in [0.1, 0.15) is 46.0 Å². The monoisotopic (exact) mass is 187 g/mol. The first-order valence-corrected chi connectivity index (χ1v) is 5.58. The second-order valence-corrected chi connectivity index (χ2v) is 3.69. The van der Waals surface area contributed by atoms with Crippen molar-refractivity contribution in [3.63, 3.8) is 0 Å². The highest BCUT2D eigenvalue weighted by atomic mass is 16.2. The number of nitrogens with one attached hydrogen (secondary N) is 1. The maximum atomic E-state index is 7.57. The number of aliphatic hydroxyl groups excluding tert-OH is 1. The molecule has 0 amide bonds. The Morgan fingerprint density at radius 2 is 1.92 bits per heavy atom. The molecule has 1 rings (SSSR count). The minimum Gasteiger partial charge on any atom is -0.397 e. The molecule has 2 unspecified atom stereocenters. The first-order valence-electron chi connectivity index (χ1n) is 5.58. The molecule has 13 heavy (non-hydrogen) atoms. The van der Waals surface area contributed by atoms with Crippen LogP contribution in [-0.4, -0.2) is 24.8 Å². The van der Waals surface area contributed by atoms with E-state index < -0.39 is 0 Å². The normalized spacial score (nSPS) is 26.8. The van der Waals surface area contributed by atoms with Gasteiger partial charge in [-0.15, -0.1) is 0 Å². The van der Waals surface area contributed by atoms with E-state index in [0.29, 0.717) is 0 Å². The Labute approximate surface area is 82.7 Å². The molecule has 1 fully saturated rings. The van der Waals surface area contributed by atoms with Crippen molar-refractivity contribution in [2.45, 2.75) is 52.0 Å². The number of aliphatic hydroxyl groups is 1. The van der Waals surface area contributed by atoms with Crippen LogP contribution in [0.5, 0.6) is 0 Å². The summed E-state index contributed by atoms with van der Waals surface area (Å²) < 4.78 is 0. The third-order valence-corrected chi connectivity index (χ3v) is 2.69. The van der Waals surface area contributed by atoms with Crippen molar-refractivity contribution in [2.75, 3.05) is 13.7 Å². The van der Waals surface area contributed by atoms with E-state index in [2.05, 4.69) is 19.3 Å². The van der Waals surface area contributed by atoms with Gasteiger partial charge in [0, 0.05) is 12.6 Å².